The molecule has 1 aliphatic rings. The van der Waals surface area contributed by atoms with E-state index in [4.69, 9.17) is 25.9 Å². The zero-order valence-electron chi connectivity index (χ0n) is 23.6. The van der Waals surface area contributed by atoms with Gasteiger partial charge in [-0.1, -0.05) is 51.1 Å². The fourth-order valence-electron chi connectivity index (χ4n) is 5.03. The van der Waals surface area contributed by atoms with Crippen molar-refractivity contribution in [3.63, 3.8) is 0 Å². The van der Waals surface area contributed by atoms with Crippen LogP contribution < -0.4 is 25.8 Å². The van der Waals surface area contributed by atoms with Crippen molar-refractivity contribution < 1.29 is 19.1 Å². The molecule has 3 aromatic carbocycles. The van der Waals surface area contributed by atoms with E-state index >= 15 is 0 Å². The lowest BCUT2D eigenvalue weighted by Gasteiger charge is -2.36. The molecule has 1 fully saturated rings. The Morgan fingerprint density at radius 1 is 0.976 bits per heavy atom. The Labute approximate surface area is 239 Å². The quantitative estimate of drug-likeness (QED) is 0.294. The number of hydrogen-bond acceptors (Lipinski definition) is 7. The van der Waals surface area contributed by atoms with E-state index < -0.39 is 12.0 Å². The fourth-order valence-corrected chi connectivity index (χ4v) is 5.03. The molecule has 1 aromatic heterocycles. The number of benzene rings is 3. The molecule has 41 heavy (non-hydrogen) atoms. The van der Waals surface area contributed by atoms with Crippen molar-refractivity contribution in [3.05, 3.63) is 71.8 Å². The normalized spacial score (nSPS) is 14.3. The Morgan fingerprint density at radius 2 is 1.71 bits per heavy atom. The summed E-state index contributed by atoms with van der Waals surface area (Å²) in [6.07, 6.45) is -1.02. The van der Waals surface area contributed by atoms with E-state index in [2.05, 4.69) is 78.0 Å². The first kappa shape index (κ1) is 28.0. The van der Waals surface area contributed by atoms with E-state index in [9.17, 15) is 9.59 Å². The van der Waals surface area contributed by atoms with Crippen LogP contribution in [0.2, 0.25) is 0 Å². The Bertz CT molecular complexity index is 1550. The number of nitrogens with one attached hydrogen (secondary N) is 1. The van der Waals surface area contributed by atoms with Crippen LogP contribution in [-0.4, -0.2) is 66.2 Å². The van der Waals surface area contributed by atoms with Gasteiger partial charge in [0.05, 0.1) is 16.8 Å². The minimum absolute atomic E-state index is 0.00552. The molecule has 0 spiro atoms. The summed E-state index contributed by atoms with van der Waals surface area (Å²) in [5.74, 6) is 0.604. The van der Waals surface area contributed by atoms with E-state index in [-0.39, 0.29) is 16.7 Å². The molecule has 1 aliphatic heterocycles. The molecule has 2 heterocycles. The Morgan fingerprint density at radius 3 is 2.37 bits per heavy atom. The van der Waals surface area contributed by atoms with Gasteiger partial charge < -0.3 is 30.8 Å². The maximum atomic E-state index is 11.7. The summed E-state index contributed by atoms with van der Waals surface area (Å²) in [7, 11) is 0. The molecule has 0 atom stereocenters. The predicted octanol–water partition coefficient (Wildman–Crippen LogP) is 4.28. The number of primary amides is 2. The number of H-pyrrole nitrogens is 1. The molecule has 0 radical (unpaired) electrons. The Kier molecular flexibility index (Phi) is 7.85. The minimum Gasteiger partial charge on any atom is -0.492 e. The number of piperazine rings is 1. The highest BCUT2D eigenvalue weighted by atomic mass is 16.5. The second kappa shape index (κ2) is 11.5. The number of nitrogens with zero attached hydrogens (tertiary/aromatic N) is 3. The molecule has 5 rings (SSSR count). The lowest BCUT2D eigenvalue weighted by Crippen LogP contribution is -2.47. The summed E-state index contributed by atoms with van der Waals surface area (Å²) >= 11 is 0. The van der Waals surface area contributed by atoms with Crippen LogP contribution in [0.25, 0.3) is 22.4 Å². The number of aromatic nitrogens is 2. The molecule has 0 aliphatic carbocycles. The van der Waals surface area contributed by atoms with E-state index in [1.165, 1.54) is 17.7 Å². The minimum atomic E-state index is -1.02. The van der Waals surface area contributed by atoms with Crippen molar-refractivity contribution in [3.8, 4) is 22.9 Å². The third kappa shape index (κ3) is 6.44. The lowest BCUT2D eigenvalue weighted by atomic mass is 9.87. The molecule has 2 amide bonds. The summed E-state index contributed by atoms with van der Waals surface area (Å²) in [5, 5.41) is 0. The Hall–Kier alpha value is -4.57. The van der Waals surface area contributed by atoms with Gasteiger partial charge in [0.15, 0.2) is 0 Å². The smallest absolute Gasteiger partial charge is 0.409 e. The molecule has 0 saturated carbocycles. The van der Waals surface area contributed by atoms with Gasteiger partial charge in [-0.25, -0.2) is 9.78 Å². The van der Waals surface area contributed by atoms with Crippen LogP contribution in [0.4, 0.5) is 10.5 Å². The van der Waals surface area contributed by atoms with Gasteiger partial charge in [-0.3, -0.25) is 9.69 Å². The van der Waals surface area contributed by atoms with Crippen LogP contribution in [0.5, 0.6) is 11.5 Å². The van der Waals surface area contributed by atoms with Gasteiger partial charge in [-0.05, 0) is 41.3 Å². The standard InChI is InChI=1S/C31H36N6O4/c1-31(2,3)21-9-7-20(8-10-21)29-34-24-5-4-6-25(27(24)35-29)37-15-13-36(14-16-37)17-18-40-22-11-12-26(41-30(33)39)23(19-22)28(32)38/h4-12,19H,13-18H2,1-3H3,(H2,32,38)(H2,33,39)(H,34,35). The van der Waals surface area contributed by atoms with Gasteiger partial charge in [-0.2, -0.15) is 0 Å². The molecule has 1 saturated heterocycles. The summed E-state index contributed by atoms with van der Waals surface area (Å²) in [4.78, 5) is 36.0. The molecular weight excluding hydrogens is 520 g/mol. The molecule has 0 unspecified atom stereocenters. The van der Waals surface area contributed by atoms with Gasteiger partial charge in [0.25, 0.3) is 5.91 Å². The van der Waals surface area contributed by atoms with Crippen LogP contribution in [0.3, 0.4) is 0 Å². The summed E-state index contributed by atoms with van der Waals surface area (Å²) in [5.41, 5.74) is 16.1. The number of para-hydroxylation sites is 1. The molecule has 214 valence electrons. The number of carbonyl (C=O) groups is 2. The number of imidazole rings is 1. The monoisotopic (exact) mass is 556 g/mol. The molecular formula is C31H36N6O4. The van der Waals surface area contributed by atoms with E-state index in [0.717, 1.165) is 60.8 Å². The maximum absolute atomic E-state index is 11.7. The maximum Gasteiger partial charge on any atom is 0.409 e. The van der Waals surface area contributed by atoms with Crippen molar-refractivity contribution in [2.24, 2.45) is 11.5 Å². The number of rotatable bonds is 8. The average molecular weight is 557 g/mol. The Balaban J connectivity index is 1.19. The number of nitrogens with two attached hydrogens (primary N) is 2. The van der Waals surface area contributed by atoms with E-state index in [0.29, 0.717) is 12.4 Å². The third-order valence-corrected chi connectivity index (χ3v) is 7.33. The van der Waals surface area contributed by atoms with Crippen molar-refractivity contribution in [2.75, 3.05) is 44.2 Å². The highest BCUT2D eigenvalue weighted by Crippen LogP contribution is 2.30. The highest BCUT2D eigenvalue weighted by molar-refractivity contribution is 5.96. The van der Waals surface area contributed by atoms with Crippen LogP contribution in [-0.2, 0) is 5.41 Å². The molecule has 10 nitrogen and oxygen atoms in total. The highest BCUT2D eigenvalue weighted by Gasteiger charge is 2.21. The number of ether oxygens (including phenoxy) is 2. The van der Waals surface area contributed by atoms with Crippen molar-refractivity contribution >= 4 is 28.7 Å². The largest absolute Gasteiger partial charge is 0.492 e. The average Bonchev–Trinajstić information content (AvgIpc) is 3.38. The van der Waals surface area contributed by atoms with Gasteiger partial charge >= 0.3 is 6.09 Å². The molecule has 0 bridgehead atoms. The van der Waals surface area contributed by atoms with Crippen LogP contribution in [0, 0.1) is 0 Å². The van der Waals surface area contributed by atoms with E-state index in [1.54, 1.807) is 6.07 Å². The first-order chi connectivity index (χ1) is 19.6. The van der Waals surface area contributed by atoms with Gasteiger partial charge in [0.1, 0.15) is 29.4 Å². The summed E-state index contributed by atoms with van der Waals surface area (Å²) < 4.78 is 10.7. The van der Waals surface area contributed by atoms with Gasteiger partial charge in [0.2, 0.25) is 0 Å². The fraction of sp³-hybridized carbons (Fsp3) is 0.323. The number of hydrogen-bond donors (Lipinski definition) is 3. The van der Waals surface area contributed by atoms with Gasteiger partial charge in [0, 0.05) is 38.3 Å². The number of carbonyl (C=O) groups excluding carboxylic acids is 2. The van der Waals surface area contributed by atoms with Gasteiger partial charge in [-0.15, -0.1) is 0 Å². The number of amides is 2. The van der Waals surface area contributed by atoms with Crippen LogP contribution in [0.1, 0.15) is 36.7 Å². The molecule has 5 N–H and O–H groups in total. The lowest BCUT2D eigenvalue weighted by molar-refractivity contribution is 0.0997. The molecule has 10 heteroatoms. The zero-order valence-corrected chi connectivity index (χ0v) is 23.6. The third-order valence-electron chi connectivity index (χ3n) is 7.33. The van der Waals surface area contributed by atoms with E-state index in [1.807, 2.05) is 0 Å². The van der Waals surface area contributed by atoms with Crippen molar-refractivity contribution in [1.82, 2.24) is 14.9 Å². The second-order valence-corrected chi connectivity index (χ2v) is 11.2. The number of aromatic amines is 1. The van der Waals surface area contributed by atoms with Crippen molar-refractivity contribution in [2.45, 2.75) is 26.2 Å². The summed E-state index contributed by atoms with van der Waals surface area (Å²) in [6.45, 7) is 11.3. The topological polar surface area (TPSA) is 140 Å². The van der Waals surface area contributed by atoms with Crippen LogP contribution >= 0.6 is 0 Å². The van der Waals surface area contributed by atoms with Crippen molar-refractivity contribution in [1.29, 1.82) is 0 Å². The number of anilines is 1. The van der Waals surface area contributed by atoms with Crippen LogP contribution in [0.15, 0.2) is 60.7 Å². The second-order valence-electron chi connectivity index (χ2n) is 11.2. The first-order valence-corrected chi connectivity index (χ1v) is 13.7. The molecule has 4 aromatic rings. The number of fused-ring (bicyclic) bond motifs is 1. The predicted molar refractivity (Wildman–Crippen MR) is 160 cm³/mol. The zero-order chi connectivity index (χ0) is 29.1. The first-order valence-electron chi connectivity index (χ1n) is 13.7. The SMILES string of the molecule is CC(C)(C)c1ccc(-c2nc3c(N4CCN(CCOc5ccc(OC(N)=O)c(C(N)=O)c5)CC4)cccc3[nH]2)cc1. The summed E-state index contributed by atoms with van der Waals surface area (Å²) in [6, 6.07) is 19.4.